The molecular formula is C14H24O3Si. The van der Waals surface area contributed by atoms with E-state index in [1.165, 1.54) is 5.56 Å². The van der Waals surface area contributed by atoms with Crippen molar-refractivity contribution in [1.29, 1.82) is 0 Å². The van der Waals surface area contributed by atoms with Crippen molar-refractivity contribution in [2.24, 2.45) is 0 Å². The molecule has 0 fully saturated rings. The second-order valence-electron chi connectivity index (χ2n) is 4.32. The summed E-state index contributed by atoms with van der Waals surface area (Å²) >= 11 is 0. The third-order valence-electron chi connectivity index (χ3n) is 3.33. The lowest BCUT2D eigenvalue weighted by Gasteiger charge is -2.32. The van der Waals surface area contributed by atoms with Gasteiger partial charge in [0.15, 0.2) is 0 Å². The summed E-state index contributed by atoms with van der Waals surface area (Å²) in [5.74, 6) is 0. The standard InChI is InChI=1S/C14H24O3Si/c1-5-6-12-14(13-10-8-7-9-11-13)18(15-2,16-3)17-4/h7-11,14H,5-6,12H2,1-4H3. The SMILES string of the molecule is CCCCC(c1ccccc1)[Si](OC)(OC)OC. The van der Waals surface area contributed by atoms with Crippen LogP contribution < -0.4 is 0 Å². The lowest BCUT2D eigenvalue weighted by molar-refractivity contribution is 0.110. The Morgan fingerprint density at radius 2 is 1.56 bits per heavy atom. The first-order chi connectivity index (χ1) is 8.74. The summed E-state index contributed by atoms with van der Waals surface area (Å²) in [5.41, 5.74) is 1.45. The predicted molar refractivity (Wildman–Crippen MR) is 75.5 cm³/mol. The van der Waals surface area contributed by atoms with Crippen molar-refractivity contribution in [1.82, 2.24) is 0 Å². The van der Waals surface area contributed by atoms with Gasteiger partial charge in [0, 0.05) is 21.3 Å². The Kier molecular flexibility index (Phi) is 6.57. The monoisotopic (exact) mass is 268 g/mol. The Labute approximate surface area is 111 Å². The third kappa shape index (κ3) is 3.42. The van der Waals surface area contributed by atoms with Crippen molar-refractivity contribution in [2.75, 3.05) is 21.3 Å². The van der Waals surface area contributed by atoms with Gasteiger partial charge in [-0.15, -0.1) is 0 Å². The topological polar surface area (TPSA) is 27.7 Å². The molecule has 1 unspecified atom stereocenters. The normalized spacial score (nSPS) is 13.6. The predicted octanol–water partition coefficient (Wildman–Crippen LogP) is 3.38. The molecule has 3 nitrogen and oxygen atoms in total. The first-order valence-corrected chi connectivity index (χ1v) is 8.24. The maximum Gasteiger partial charge on any atom is 0.508 e. The molecule has 1 aromatic rings. The van der Waals surface area contributed by atoms with Crippen LogP contribution in [0, 0.1) is 0 Å². The summed E-state index contributed by atoms with van der Waals surface area (Å²) in [4.78, 5) is 0. The minimum absolute atomic E-state index is 0.207. The van der Waals surface area contributed by atoms with Gasteiger partial charge in [-0.05, 0) is 12.0 Å². The smallest absolute Gasteiger partial charge is 0.376 e. The highest BCUT2D eigenvalue weighted by molar-refractivity contribution is 6.62. The molecule has 1 atom stereocenters. The minimum Gasteiger partial charge on any atom is -0.376 e. The molecule has 1 rings (SSSR count). The molecule has 0 saturated heterocycles. The lowest BCUT2D eigenvalue weighted by Crippen LogP contribution is -2.49. The zero-order chi connectivity index (χ0) is 13.4. The van der Waals surface area contributed by atoms with E-state index in [4.69, 9.17) is 13.3 Å². The molecular weight excluding hydrogens is 244 g/mol. The molecule has 4 heteroatoms. The van der Waals surface area contributed by atoms with Crippen molar-refractivity contribution in [2.45, 2.75) is 31.7 Å². The van der Waals surface area contributed by atoms with Gasteiger partial charge < -0.3 is 13.3 Å². The van der Waals surface area contributed by atoms with E-state index in [2.05, 4.69) is 31.2 Å². The summed E-state index contributed by atoms with van der Waals surface area (Å²) in [6.07, 6.45) is 3.33. The van der Waals surface area contributed by atoms with Gasteiger partial charge in [-0.1, -0.05) is 50.1 Å². The van der Waals surface area contributed by atoms with E-state index in [-0.39, 0.29) is 5.54 Å². The van der Waals surface area contributed by atoms with Gasteiger partial charge in [-0.2, -0.15) is 0 Å². The molecule has 0 amide bonds. The number of hydrogen-bond acceptors (Lipinski definition) is 3. The summed E-state index contributed by atoms with van der Waals surface area (Å²) < 4.78 is 16.9. The highest BCUT2D eigenvalue weighted by Crippen LogP contribution is 2.33. The van der Waals surface area contributed by atoms with E-state index in [1.807, 2.05) is 6.07 Å². The van der Waals surface area contributed by atoms with Gasteiger partial charge in [0.1, 0.15) is 0 Å². The summed E-state index contributed by atoms with van der Waals surface area (Å²) in [6, 6.07) is 10.4. The molecule has 0 aliphatic heterocycles. The zero-order valence-corrected chi connectivity index (χ0v) is 12.8. The Morgan fingerprint density at radius 1 is 1.00 bits per heavy atom. The van der Waals surface area contributed by atoms with Crippen LogP contribution in [0.3, 0.4) is 0 Å². The van der Waals surface area contributed by atoms with Crippen molar-refractivity contribution >= 4 is 8.80 Å². The van der Waals surface area contributed by atoms with Crippen molar-refractivity contribution in [3.8, 4) is 0 Å². The number of rotatable bonds is 8. The first-order valence-electron chi connectivity index (χ1n) is 6.44. The zero-order valence-electron chi connectivity index (χ0n) is 11.8. The van der Waals surface area contributed by atoms with Gasteiger partial charge in [0.2, 0.25) is 0 Å². The van der Waals surface area contributed by atoms with Crippen molar-refractivity contribution in [3.63, 3.8) is 0 Å². The van der Waals surface area contributed by atoms with Gasteiger partial charge in [-0.25, -0.2) is 0 Å². The van der Waals surface area contributed by atoms with Gasteiger partial charge >= 0.3 is 8.80 Å². The highest BCUT2D eigenvalue weighted by Gasteiger charge is 2.47. The average molecular weight is 268 g/mol. The molecule has 0 spiro atoms. The molecule has 0 bridgehead atoms. The van der Waals surface area contributed by atoms with Crippen molar-refractivity contribution in [3.05, 3.63) is 35.9 Å². The molecule has 0 N–H and O–H groups in total. The van der Waals surface area contributed by atoms with Gasteiger partial charge in [0.25, 0.3) is 0 Å². The maximum atomic E-state index is 5.64. The van der Waals surface area contributed by atoms with Gasteiger partial charge in [-0.3, -0.25) is 0 Å². The van der Waals surface area contributed by atoms with Crippen LogP contribution in [0.5, 0.6) is 0 Å². The fourth-order valence-corrected chi connectivity index (χ4v) is 4.83. The number of unbranched alkanes of at least 4 members (excludes halogenated alkanes) is 1. The average Bonchev–Trinajstić information content (AvgIpc) is 2.45. The van der Waals surface area contributed by atoms with E-state index >= 15 is 0 Å². The Bertz CT molecular complexity index is 317. The van der Waals surface area contributed by atoms with E-state index in [0.29, 0.717) is 0 Å². The molecule has 0 aliphatic rings. The molecule has 0 radical (unpaired) electrons. The lowest BCUT2D eigenvalue weighted by atomic mass is 10.1. The summed E-state index contributed by atoms with van der Waals surface area (Å²) in [5, 5.41) is 0. The fraction of sp³-hybridized carbons (Fsp3) is 0.571. The summed E-state index contributed by atoms with van der Waals surface area (Å²) in [7, 11) is 2.42. The number of hydrogen-bond donors (Lipinski definition) is 0. The quantitative estimate of drug-likeness (QED) is 0.677. The van der Waals surface area contributed by atoms with E-state index < -0.39 is 8.80 Å². The van der Waals surface area contributed by atoms with Crippen LogP contribution in [0.15, 0.2) is 30.3 Å². The third-order valence-corrected chi connectivity index (χ3v) is 6.51. The fourth-order valence-electron chi connectivity index (χ4n) is 2.32. The second-order valence-corrected chi connectivity index (χ2v) is 7.45. The molecule has 18 heavy (non-hydrogen) atoms. The molecule has 0 aromatic heterocycles. The molecule has 102 valence electrons. The summed E-state index contributed by atoms with van der Waals surface area (Å²) in [6.45, 7) is 2.19. The van der Waals surface area contributed by atoms with Crippen LogP contribution in [-0.4, -0.2) is 30.1 Å². The molecule has 0 saturated carbocycles. The van der Waals surface area contributed by atoms with E-state index in [0.717, 1.165) is 19.3 Å². The molecule has 1 aromatic carbocycles. The second kappa shape index (κ2) is 7.69. The van der Waals surface area contributed by atoms with E-state index in [9.17, 15) is 0 Å². The van der Waals surface area contributed by atoms with Crippen LogP contribution in [-0.2, 0) is 13.3 Å². The maximum absolute atomic E-state index is 5.64. The largest absolute Gasteiger partial charge is 0.508 e. The number of benzene rings is 1. The molecule has 0 aliphatic carbocycles. The Morgan fingerprint density at radius 3 is 2.00 bits per heavy atom. The minimum atomic E-state index is -2.62. The van der Waals surface area contributed by atoms with Crippen LogP contribution >= 0.6 is 0 Å². The Balaban J connectivity index is 3.03. The van der Waals surface area contributed by atoms with E-state index in [1.54, 1.807) is 21.3 Å². The van der Waals surface area contributed by atoms with Gasteiger partial charge in [0.05, 0.1) is 5.54 Å². The van der Waals surface area contributed by atoms with Crippen LogP contribution in [0.25, 0.3) is 0 Å². The first kappa shape index (κ1) is 15.4. The van der Waals surface area contributed by atoms with Crippen LogP contribution in [0.1, 0.15) is 37.3 Å². The van der Waals surface area contributed by atoms with Crippen LogP contribution in [0.2, 0.25) is 0 Å². The molecule has 0 heterocycles. The van der Waals surface area contributed by atoms with Crippen molar-refractivity contribution < 1.29 is 13.3 Å². The highest BCUT2D eigenvalue weighted by atomic mass is 28.4. The van der Waals surface area contributed by atoms with Crippen LogP contribution in [0.4, 0.5) is 0 Å². The Hall–Kier alpha value is -0.683.